The Morgan fingerprint density at radius 1 is 1.14 bits per heavy atom. The fourth-order valence-electron chi connectivity index (χ4n) is 2.17. The highest BCUT2D eigenvalue weighted by atomic mass is 19.4. The molecule has 10 heteroatoms. The number of carboxylic acid groups (broad SMARTS) is 1. The summed E-state index contributed by atoms with van der Waals surface area (Å²) in [5.74, 6) is -4.55. The zero-order valence-electron chi connectivity index (χ0n) is 11.3. The quantitative estimate of drug-likeness (QED) is 0.488. The van der Waals surface area contributed by atoms with Gasteiger partial charge in [-0.3, -0.25) is 4.79 Å². The Hall–Kier alpha value is -1.74. The van der Waals surface area contributed by atoms with Crippen molar-refractivity contribution in [2.45, 2.75) is 32.3 Å². The van der Waals surface area contributed by atoms with Crippen molar-refractivity contribution in [3.63, 3.8) is 0 Å². The van der Waals surface area contributed by atoms with Gasteiger partial charge >= 0.3 is 24.3 Å². The largest absolute Gasteiger partial charge is 0.481 e. The van der Waals surface area contributed by atoms with Crippen LogP contribution in [0.4, 0.5) is 26.3 Å². The van der Waals surface area contributed by atoms with Crippen molar-refractivity contribution < 1.29 is 45.8 Å². The predicted molar refractivity (Wildman–Crippen MR) is 59.5 cm³/mol. The molecule has 0 aromatic rings. The van der Waals surface area contributed by atoms with Gasteiger partial charge in [-0.05, 0) is 11.3 Å². The van der Waals surface area contributed by atoms with E-state index in [2.05, 4.69) is 4.74 Å². The van der Waals surface area contributed by atoms with Crippen LogP contribution in [0.5, 0.6) is 0 Å². The Balaban J connectivity index is 2.74. The molecule has 0 saturated heterocycles. The third-order valence-corrected chi connectivity index (χ3v) is 3.44. The lowest BCUT2D eigenvalue weighted by Crippen LogP contribution is -2.45. The Morgan fingerprint density at radius 3 is 1.91 bits per heavy atom. The molecular weight excluding hydrogens is 322 g/mol. The topological polar surface area (TPSA) is 63.6 Å². The number of hydrogen-bond acceptors (Lipinski definition) is 3. The van der Waals surface area contributed by atoms with Gasteiger partial charge in [0.15, 0.2) is 0 Å². The minimum absolute atomic E-state index is 0.389. The molecule has 1 rings (SSSR count). The van der Waals surface area contributed by atoms with Gasteiger partial charge in [0.2, 0.25) is 0 Å². The molecular formula is C12H12F6O4. The molecule has 1 aliphatic carbocycles. The average molecular weight is 334 g/mol. The number of halogens is 6. The summed E-state index contributed by atoms with van der Waals surface area (Å²) in [6.07, 6.45) is -14.5. The SMILES string of the molecule is CC1(C)[C@H](C(=O)O)[C@@H]1C=CC(=O)OC(C(F)(F)F)C(F)(F)F. The van der Waals surface area contributed by atoms with Crippen molar-refractivity contribution in [2.24, 2.45) is 17.3 Å². The summed E-state index contributed by atoms with van der Waals surface area (Å²) in [6.45, 7) is 3.08. The Bertz CT molecular complexity index is 477. The maximum absolute atomic E-state index is 12.2. The summed E-state index contributed by atoms with van der Waals surface area (Å²) in [5.41, 5.74) is -0.740. The van der Waals surface area contributed by atoms with Gasteiger partial charge in [0.1, 0.15) is 0 Å². The van der Waals surface area contributed by atoms with Crippen molar-refractivity contribution >= 4 is 11.9 Å². The van der Waals surface area contributed by atoms with Gasteiger partial charge < -0.3 is 9.84 Å². The van der Waals surface area contributed by atoms with E-state index in [0.29, 0.717) is 6.08 Å². The van der Waals surface area contributed by atoms with E-state index in [9.17, 15) is 35.9 Å². The molecule has 1 aliphatic rings. The van der Waals surface area contributed by atoms with Crippen LogP contribution < -0.4 is 0 Å². The number of carboxylic acids is 1. The molecule has 0 aliphatic heterocycles. The first kappa shape index (κ1) is 18.3. The van der Waals surface area contributed by atoms with Crippen LogP contribution in [-0.2, 0) is 14.3 Å². The zero-order valence-corrected chi connectivity index (χ0v) is 11.3. The highest BCUT2D eigenvalue weighted by Crippen LogP contribution is 2.59. The number of alkyl halides is 6. The Morgan fingerprint density at radius 2 is 1.59 bits per heavy atom. The first-order valence-corrected chi connectivity index (χ1v) is 5.94. The second-order valence-corrected chi connectivity index (χ2v) is 5.42. The summed E-state index contributed by atoms with van der Waals surface area (Å²) in [6, 6.07) is 0. The molecule has 4 nitrogen and oxygen atoms in total. The zero-order chi connectivity index (χ0) is 17.5. The molecule has 1 N–H and O–H groups in total. The summed E-state index contributed by atoms with van der Waals surface area (Å²) in [4.78, 5) is 21.9. The molecule has 1 fully saturated rings. The van der Waals surface area contributed by atoms with Crippen LogP contribution in [-0.4, -0.2) is 35.5 Å². The Labute approximate surface area is 120 Å². The molecule has 2 atom stereocenters. The fraction of sp³-hybridized carbons (Fsp3) is 0.667. The van der Waals surface area contributed by atoms with Crippen molar-refractivity contribution in [2.75, 3.05) is 0 Å². The third kappa shape index (κ3) is 3.92. The highest BCUT2D eigenvalue weighted by Gasteiger charge is 2.61. The van der Waals surface area contributed by atoms with Crippen LogP contribution in [0.2, 0.25) is 0 Å². The van der Waals surface area contributed by atoms with Crippen LogP contribution in [0.15, 0.2) is 12.2 Å². The van der Waals surface area contributed by atoms with Crippen molar-refractivity contribution in [1.29, 1.82) is 0 Å². The monoisotopic (exact) mass is 334 g/mol. The van der Waals surface area contributed by atoms with E-state index in [-0.39, 0.29) is 0 Å². The number of hydrogen-bond donors (Lipinski definition) is 1. The second kappa shape index (κ2) is 5.47. The molecule has 0 unspecified atom stereocenters. The van der Waals surface area contributed by atoms with E-state index in [1.165, 1.54) is 0 Å². The molecule has 0 aromatic carbocycles. The predicted octanol–water partition coefficient (Wildman–Crippen LogP) is 2.94. The van der Waals surface area contributed by atoms with Crippen molar-refractivity contribution in [1.82, 2.24) is 0 Å². The van der Waals surface area contributed by atoms with Crippen LogP contribution in [0.25, 0.3) is 0 Å². The van der Waals surface area contributed by atoms with Crippen LogP contribution >= 0.6 is 0 Å². The summed E-state index contributed by atoms with van der Waals surface area (Å²) < 4.78 is 76.5. The van der Waals surface area contributed by atoms with E-state index in [4.69, 9.17) is 5.11 Å². The number of aliphatic carboxylic acids is 1. The van der Waals surface area contributed by atoms with E-state index >= 15 is 0 Å². The minimum Gasteiger partial charge on any atom is -0.481 e. The van der Waals surface area contributed by atoms with Gasteiger partial charge in [-0.2, -0.15) is 26.3 Å². The van der Waals surface area contributed by atoms with Crippen LogP contribution in [0.3, 0.4) is 0 Å². The average Bonchev–Trinajstić information content (AvgIpc) is 2.82. The lowest BCUT2D eigenvalue weighted by Gasteiger charge is -2.22. The first-order valence-electron chi connectivity index (χ1n) is 5.94. The van der Waals surface area contributed by atoms with Crippen LogP contribution in [0, 0.1) is 17.3 Å². The number of rotatable bonds is 4. The number of esters is 1. The minimum atomic E-state index is -5.79. The maximum atomic E-state index is 12.2. The third-order valence-electron chi connectivity index (χ3n) is 3.44. The van der Waals surface area contributed by atoms with E-state index in [1.54, 1.807) is 13.8 Å². The number of carbonyl (C=O) groups excluding carboxylic acids is 1. The first-order chi connectivity index (χ1) is 9.69. The number of carbonyl (C=O) groups is 2. The van der Waals surface area contributed by atoms with Gasteiger partial charge in [-0.1, -0.05) is 19.9 Å². The summed E-state index contributed by atoms with van der Waals surface area (Å²) in [7, 11) is 0. The maximum Gasteiger partial charge on any atom is 0.434 e. The molecule has 1 saturated carbocycles. The molecule has 0 amide bonds. The molecule has 22 heavy (non-hydrogen) atoms. The molecule has 0 radical (unpaired) electrons. The number of allylic oxidation sites excluding steroid dienone is 1. The molecule has 126 valence electrons. The lowest BCUT2D eigenvalue weighted by atomic mass is 10.1. The Kier molecular flexibility index (Phi) is 4.55. The van der Waals surface area contributed by atoms with Gasteiger partial charge in [0.25, 0.3) is 6.10 Å². The van der Waals surface area contributed by atoms with Gasteiger partial charge in [-0.15, -0.1) is 0 Å². The summed E-state index contributed by atoms with van der Waals surface area (Å²) >= 11 is 0. The fourth-order valence-corrected chi connectivity index (χ4v) is 2.17. The molecule has 0 aromatic heterocycles. The number of ether oxygens (including phenoxy) is 1. The van der Waals surface area contributed by atoms with Gasteiger partial charge in [-0.25, -0.2) is 4.79 Å². The van der Waals surface area contributed by atoms with E-state index in [1.807, 2.05) is 0 Å². The van der Waals surface area contributed by atoms with Crippen molar-refractivity contribution in [3.8, 4) is 0 Å². The highest BCUT2D eigenvalue weighted by molar-refractivity contribution is 5.83. The van der Waals surface area contributed by atoms with E-state index < -0.39 is 47.6 Å². The molecule has 0 heterocycles. The molecule has 0 bridgehead atoms. The standard InChI is InChI=1S/C12H12F6O4/c1-10(2)5(7(10)8(20)21)3-4-6(19)22-9(11(13,14)15)12(16,17)18/h3-5,7,9H,1-2H3,(H,20,21)/t5-,7-/m0/s1. The normalized spacial score (nSPS) is 24.6. The van der Waals surface area contributed by atoms with Gasteiger partial charge in [0.05, 0.1) is 5.92 Å². The smallest absolute Gasteiger partial charge is 0.434 e. The second-order valence-electron chi connectivity index (χ2n) is 5.42. The summed E-state index contributed by atoms with van der Waals surface area (Å²) in [5, 5.41) is 8.84. The molecule has 0 spiro atoms. The lowest BCUT2D eigenvalue weighted by molar-refractivity contribution is -0.312. The van der Waals surface area contributed by atoms with E-state index in [0.717, 1.165) is 6.08 Å². The van der Waals surface area contributed by atoms with Gasteiger partial charge in [0, 0.05) is 6.08 Å². The van der Waals surface area contributed by atoms with Crippen LogP contribution in [0.1, 0.15) is 13.8 Å². The van der Waals surface area contributed by atoms with Crippen molar-refractivity contribution in [3.05, 3.63) is 12.2 Å².